The molecule has 0 saturated heterocycles. The maximum absolute atomic E-state index is 13.3. The van der Waals surface area contributed by atoms with E-state index in [9.17, 15) is 14.4 Å². The zero-order valence-corrected chi connectivity index (χ0v) is 14.3. The van der Waals surface area contributed by atoms with Gasteiger partial charge in [-0.15, -0.1) is 0 Å². The van der Waals surface area contributed by atoms with E-state index < -0.39 is 6.09 Å². The summed E-state index contributed by atoms with van der Waals surface area (Å²) in [6.07, 6.45) is 4.34. The second-order valence-electron chi connectivity index (χ2n) is 6.12. The van der Waals surface area contributed by atoms with Crippen molar-refractivity contribution in [3.05, 3.63) is 72.1 Å². The molecular weight excluding hydrogens is 337 g/mol. The Morgan fingerprint density at radius 1 is 1.23 bits per heavy atom. The van der Waals surface area contributed by atoms with Crippen LogP contribution in [0.5, 0.6) is 11.5 Å². The predicted molar refractivity (Wildman–Crippen MR) is 93.7 cm³/mol. The summed E-state index contributed by atoms with van der Waals surface area (Å²) in [5, 5.41) is 10.7. The minimum atomic E-state index is -0.771. The molecule has 0 radical (unpaired) electrons. The highest BCUT2D eigenvalue weighted by molar-refractivity contribution is 5.66. The van der Waals surface area contributed by atoms with Gasteiger partial charge in [0.2, 0.25) is 0 Å². The van der Waals surface area contributed by atoms with E-state index in [-0.39, 0.29) is 17.8 Å². The molecule has 1 amide bonds. The maximum atomic E-state index is 13.3. The standard InChI is InChI=1S/C20H20FNO4/c1-25-20(23)22(24)19-10-3-6-15(19)11-14-5-2-8-17(12-14)26-18-9-4-7-16(21)13-18/h2-9,12-13,15,19,24H,10-11H2,1H3/t15-,19+/m0/s1. The Hall–Kier alpha value is -2.86. The van der Waals surface area contributed by atoms with Gasteiger partial charge in [0, 0.05) is 12.0 Å². The number of methoxy groups -OCH3 is 1. The van der Waals surface area contributed by atoms with Crippen LogP contribution >= 0.6 is 0 Å². The van der Waals surface area contributed by atoms with Crippen molar-refractivity contribution in [1.82, 2.24) is 5.06 Å². The summed E-state index contributed by atoms with van der Waals surface area (Å²) in [7, 11) is 1.23. The zero-order valence-electron chi connectivity index (χ0n) is 14.3. The number of hydrogen-bond donors (Lipinski definition) is 1. The van der Waals surface area contributed by atoms with Gasteiger partial charge in [0.1, 0.15) is 17.3 Å². The van der Waals surface area contributed by atoms with E-state index in [0.717, 1.165) is 5.56 Å². The summed E-state index contributed by atoms with van der Waals surface area (Å²) in [6.45, 7) is 0. The molecule has 0 saturated carbocycles. The van der Waals surface area contributed by atoms with Crippen molar-refractivity contribution in [3.63, 3.8) is 0 Å². The molecule has 26 heavy (non-hydrogen) atoms. The summed E-state index contributed by atoms with van der Waals surface area (Å²) in [5.74, 6) is 0.625. The highest BCUT2D eigenvalue weighted by atomic mass is 19.1. The number of halogens is 1. The Morgan fingerprint density at radius 2 is 1.96 bits per heavy atom. The molecule has 1 aliphatic carbocycles. The smallest absolute Gasteiger partial charge is 0.433 e. The lowest BCUT2D eigenvalue weighted by molar-refractivity contribution is -0.107. The number of hydrogen-bond acceptors (Lipinski definition) is 4. The summed E-state index contributed by atoms with van der Waals surface area (Å²) in [4.78, 5) is 11.6. The molecule has 2 aromatic rings. The number of carbonyl (C=O) groups is 1. The van der Waals surface area contributed by atoms with Gasteiger partial charge in [-0.05, 0) is 42.7 Å². The summed E-state index contributed by atoms with van der Waals surface area (Å²) >= 11 is 0. The Bertz CT molecular complexity index is 808. The summed E-state index contributed by atoms with van der Waals surface area (Å²) in [5.41, 5.74) is 0.985. The van der Waals surface area contributed by atoms with Crippen LogP contribution in [0, 0.1) is 11.7 Å². The van der Waals surface area contributed by atoms with Gasteiger partial charge < -0.3 is 9.47 Å². The predicted octanol–water partition coefficient (Wildman–Crippen LogP) is 4.56. The Morgan fingerprint density at radius 3 is 2.69 bits per heavy atom. The quantitative estimate of drug-likeness (QED) is 0.484. The van der Waals surface area contributed by atoms with E-state index in [2.05, 4.69) is 4.74 Å². The average Bonchev–Trinajstić information content (AvgIpc) is 3.08. The van der Waals surface area contributed by atoms with Crippen LogP contribution in [0.2, 0.25) is 0 Å². The van der Waals surface area contributed by atoms with E-state index in [1.807, 2.05) is 30.4 Å². The lowest BCUT2D eigenvalue weighted by Gasteiger charge is -2.26. The van der Waals surface area contributed by atoms with Gasteiger partial charge in [0.05, 0.1) is 13.2 Å². The van der Waals surface area contributed by atoms with E-state index in [0.29, 0.717) is 29.4 Å². The third kappa shape index (κ3) is 4.21. The fourth-order valence-corrected chi connectivity index (χ4v) is 3.08. The normalized spacial score (nSPS) is 18.6. The number of nitrogens with zero attached hydrogens (tertiary/aromatic N) is 1. The van der Waals surface area contributed by atoms with E-state index in [1.165, 1.54) is 19.2 Å². The molecule has 2 aromatic carbocycles. The second-order valence-corrected chi connectivity index (χ2v) is 6.12. The van der Waals surface area contributed by atoms with Crippen molar-refractivity contribution in [1.29, 1.82) is 0 Å². The third-order valence-corrected chi connectivity index (χ3v) is 4.33. The van der Waals surface area contributed by atoms with E-state index in [4.69, 9.17) is 4.74 Å². The van der Waals surface area contributed by atoms with Crippen molar-refractivity contribution in [3.8, 4) is 11.5 Å². The number of amides is 1. The van der Waals surface area contributed by atoms with Crippen LogP contribution in [-0.2, 0) is 11.2 Å². The highest BCUT2D eigenvalue weighted by Gasteiger charge is 2.31. The second kappa shape index (κ2) is 8.01. The van der Waals surface area contributed by atoms with Gasteiger partial charge in [-0.3, -0.25) is 5.21 Å². The first-order valence-corrected chi connectivity index (χ1v) is 8.32. The average molecular weight is 357 g/mol. The SMILES string of the molecule is COC(=O)N(O)[C@@H]1CC=C[C@H]1Cc1cccc(Oc2cccc(F)c2)c1. The largest absolute Gasteiger partial charge is 0.457 e. The molecule has 0 heterocycles. The van der Waals surface area contributed by atoms with E-state index >= 15 is 0 Å². The van der Waals surface area contributed by atoms with Crippen LogP contribution in [0.1, 0.15) is 12.0 Å². The molecule has 6 heteroatoms. The lowest BCUT2D eigenvalue weighted by atomic mass is 9.94. The van der Waals surface area contributed by atoms with Crippen molar-refractivity contribution in [2.75, 3.05) is 7.11 Å². The van der Waals surface area contributed by atoms with Gasteiger partial charge >= 0.3 is 6.09 Å². The first-order valence-electron chi connectivity index (χ1n) is 8.32. The fraction of sp³-hybridized carbons (Fsp3) is 0.250. The molecule has 0 aliphatic heterocycles. The Kier molecular flexibility index (Phi) is 5.53. The molecule has 0 spiro atoms. The van der Waals surface area contributed by atoms with Crippen LogP contribution < -0.4 is 4.74 Å². The van der Waals surface area contributed by atoms with Crippen LogP contribution in [0.3, 0.4) is 0 Å². The van der Waals surface area contributed by atoms with Crippen molar-refractivity contribution >= 4 is 6.09 Å². The minimum absolute atomic E-state index is 0.0384. The Labute approximate surface area is 151 Å². The maximum Gasteiger partial charge on any atom is 0.433 e. The van der Waals surface area contributed by atoms with Gasteiger partial charge in [-0.2, -0.15) is 5.06 Å². The minimum Gasteiger partial charge on any atom is -0.457 e. The molecular formula is C20H20FNO4. The first-order chi connectivity index (χ1) is 12.6. The van der Waals surface area contributed by atoms with Gasteiger partial charge in [0.15, 0.2) is 0 Å². The van der Waals surface area contributed by atoms with Gasteiger partial charge in [0.25, 0.3) is 0 Å². The molecule has 136 valence electrons. The number of carbonyl (C=O) groups excluding carboxylic acids is 1. The van der Waals surface area contributed by atoms with Crippen molar-refractivity contribution in [2.45, 2.75) is 18.9 Å². The monoisotopic (exact) mass is 357 g/mol. The first kappa shape index (κ1) is 17.9. The van der Waals surface area contributed by atoms with Crippen LogP contribution in [0.15, 0.2) is 60.7 Å². The molecule has 3 rings (SSSR count). The molecule has 0 aromatic heterocycles. The molecule has 0 bridgehead atoms. The third-order valence-electron chi connectivity index (χ3n) is 4.33. The molecule has 5 nitrogen and oxygen atoms in total. The topological polar surface area (TPSA) is 59.0 Å². The molecule has 0 unspecified atom stereocenters. The zero-order chi connectivity index (χ0) is 18.5. The van der Waals surface area contributed by atoms with Crippen LogP contribution in [0.4, 0.5) is 9.18 Å². The number of rotatable bonds is 5. The molecule has 0 fully saturated rings. The fourth-order valence-electron chi connectivity index (χ4n) is 3.08. The summed E-state index contributed by atoms with van der Waals surface area (Å²) in [6, 6.07) is 13.1. The van der Waals surface area contributed by atoms with Gasteiger partial charge in [-0.25, -0.2) is 9.18 Å². The lowest BCUT2D eigenvalue weighted by Crippen LogP contribution is -2.40. The molecule has 1 aliphatic rings. The van der Waals surface area contributed by atoms with Crippen LogP contribution in [-0.4, -0.2) is 29.5 Å². The van der Waals surface area contributed by atoms with Crippen molar-refractivity contribution < 1.29 is 23.9 Å². The number of benzene rings is 2. The van der Waals surface area contributed by atoms with Gasteiger partial charge in [-0.1, -0.05) is 30.4 Å². The number of hydroxylamine groups is 2. The van der Waals surface area contributed by atoms with Crippen molar-refractivity contribution in [2.24, 2.45) is 5.92 Å². The molecule has 2 atom stereocenters. The Balaban J connectivity index is 1.70. The highest BCUT2D eigenvalue weighted by Crippen LogP contribution is 2.29. The number of ether oxygens (including phenoxy) is 2. The van der Waals surface area contributed by atoms with Crippen LogP contribution in [0.25, 0.3) is 0 Å². The molecule has 1 N–H and O–H groups in total. The van der Waals surface area contributed by atoms with E-state index in [1.54, 1.807) is 18.2 Å². The summed E-state index contributed by atoms with van der Waals surface area (Å²) < 4.78 is 23.6.